The molecule has 0 aliphatic carbocycles. The molecular formula is C8H16N2O2. The minimum absolute atomic E-state index is 0.113. The molecule has 1 heterocycles. The second-order valence-corrected chi connectivity index (χ2v) is 3.25. The SMILES string of the molecule is CC1CCC(CCC(=O)NN)O1. The Labute approximate surface area is 72.4 Å². The third kappa shape index (κ3) is 2.79. The highest BCUT2D eigenvalue weighted by atomic mass is 16.5. The predicted molar refractivity (Wildman–Crippen MR) is 45.1 cm³/mol. The average molecular weight is 172 g/mol. The average Bonchev–Trinajstić information content (AvgIpc) is 2.47. The zero-order valence-electron chi connectivity index (χ0n) is 7.38. The maximum Gasteiger partial charge on any atom is 0.233 e. The van der Waals surface area contributed by atoms with Crippen molar-refractivity contribution in [3.8, 4) is 0 Å². The van der Waals surface area contributed by atoms with Crippen molar-refractivity contribution in [2.75, 3.05) is 0 Å². The lowest BCUT2D eigenvalue weighted by atomic mass is 10.1. The van der Waals surface area contributed by atoms with Crippen LogP contribution in [0.25, 0.3) is 0 Å². The molecule has 0 aromatic carbocycles. The smallest absolute Gasteiger partial charge is 0.233 e. The zero-order chi connectivity index (χ0) is 8.97. The largest absolute Gasteiger partial charge is 0.375 e. The number of hydrazine groups is 1. The normalized spacial score (nSPS) is 28.8. The molecule has 1 saturated heterocycles. The zero-order valence-corrected chi connectivity index (χ0v) is 7.38. The Balaban J connectivity index is 2.11. The molecule has 1 amide bonds. The molecule has 0 spiro atoms. The van der Waals surface area contributed by atoms with Crippen molar-refractivity contribution < 1.29 is 9.53 Å². The van der Waals surface area contributed by atoms with Crippen molar-refractivity contribution in [1.82, 2.24) is 5.43 Å². The summed E-state index contributed by atoms with van der Waals surface area (Å²) in [7, 11) is 0. The topological polar surface area (TPSA) is 64.4 Å². The number of rotatable bonds is 3. The summed E-state index contributed by atoms with van der Waals surface area (Å²) in [5, 5.41) is 0. The van der Waals surface area contributed by atoms with Gasteiger partial charge in [0.15, 0.2) is 0 Å². The highest BCUT2D eigenvalue weighted by molar-refractivity contribution is 5.75. The fraction of sp³-hybridized carbons (Fsp3) is 0.875. The van der Waals surface area contributed by atoms with E-state index in [0.29, 0.717) is 12.5 Å². The van der Waals surface area contributed by atoms with Gasteiger partial charge in [-0.2, -0.15) is 0 Å². The van der Waals surface area contributed by atoms with Gasteiger partial charge in [-0.05, 0) is 26.2 Å². The van der Waals surface area contributed by atoms with Crippen LogP contribution in [0.5, 0.6) is 0 Å². The van der Waals surface area contributed by atoms with Gasteiger partial charge in [-0.15, -0.1) is 0 Å². The molecule has 1 rings (SSSR count). The Kier molecular flexibility index (Phi) is 3.49. The first kappa shape index (κ1) is 9.48. The molecular weight excluding hydrogens is 156 g/mol. The summed E-state index contributed by atoms with van der Waals surface area (Å²) < 4.78 is 5.54. The van der Waals surface area contributed by atoms with Gasteiger partial charge in [-0.1, -0.05) is 0 Å². The molecule has 1 fully saturated rings. The molecule has 12 heavy (non-hydrogen) atoms. The van der Waals surface area contributed by atoms with Gasteiger partial charge in [-0.25, -0.2) is 5.84 Å². The Bertz CT molecular complexity index is 161. The molecule has 70 valence electrons. The van der Waals surface area contributed by atoms with Crippen LogP contribution in [-0.4, -0.2) is 18.1 Å². The standard InChI is InChI=1S/C8H16N2O2/c1-6-2-3-7(12-6)4-5-8(11)10-9/h6-7H,2-5,9H2,1H3,(H,10,11). The van der Waals surface area contributed by atoms with Gasteiger partial charge < -0.3 is 4.74 Å². The van der Waals surface area contributed by atoms with Crippen LogP contribution in [-0.2, 0) is 9.53 Å². The summed E-state index contributed by atoms with van der Waals surface area (Å²) in [5.41, 5.74) is 2.11. The number of nitrogens with one attached hydrogen (secondary N) is 1. The van der Waals surface area contributed by atoms with Crippen molar-refractivity contribution in [3.05, 3.63) is 0 Å². The monoisotopic (exact) mass is 172 g/mol. The lowest BCUT2D eigenvalue weighted by Crippen LogP contribution is -2.30. The first-order valence-electron chi connectivity index (χ1n) is 4.37. The van der Waals surface area contributed by atoms with Gasteiger partial charge in [0.25, 0.3) is 0 Å². The van der Waals surface area contributed by atoms with E-state index in [2.05, 4.69) is 12.3 Å². The van der Waals surface area contributed by atoms with E-state index in [1.165, 1.54) is 0 Å². The van der Waals surface area contributed by atoms with Crippen LogP contribution in [0.1, 0.15) is 32.6 Å². The fourth-order valence-corrected chi connectivity index (χ4v) is 1.46. The maximum atomic E-state index is 10.8. The molecule has 4 heteroatoms. The molecule has 2 unspecified atom stereocenters. The number of hydrogen-bond acceptors (Lipinski definition) is 3. The lowest BCUT2D eigenvalue weighted by Gasteiger charge is -2.09. The maximum absolute atomic E-state index is 10.8. The summed E-state index contributed by atoms with van der Waals surface area (Å²) >= 11 is 0. The van der Waals surface area contributed by atoms with Gasteiger partial charge in [0, 0.05) is 6.42 Å². The first-order chi connectivity index (χ1) is 5.72. The van der Waals surface area contributed by atoms with Crippen molar-refractivity contribution >= 4 is 5.91 Å². The van der Waals surface area contributed by atoms with E-state index >= 15 is 0 Å². The minimum atomic E-state index is -0.113. The second-order valence-electron chi connectivity index (χ2n) is 3.25. The molecule has 0 aromatic heterocycles. The van der Waals surface area contributed by atoms with E-state index in [0.717, 1.165) is 19.3 Å². The van der Waals surface area contributed by atoms with E-state index in [1.807, 2.05) is 0 Å². The summed E-state index contributed by atoms with van der Waals surface area (Å²) in [6.45, 7) is 2.06. The van der Waals surface area contributed by atoms with Crippen molar-refractivity contribution in [1.29, 1.82) is 0 Å². The molecule has 0 saturated carbocycles. The first-order valence-corrected chi connectivity index (χ1v) is 4.37. The van der Waals surface area contributed by atoms with Crippen LogP contribution in [0.4, 0.5) is 0 Å². The number of carbonyl (C=O) groups excluding carboxylic acids is 1. The molecule has 1 aliphatic heterocycles. The van der Waals surface area contributed by atoms with Crippen LogP contribution < -0.4 is 11.3 Å². The van der Waals surface area contributed by atoms with Gasteiger partial charge >= 0.3 is 0 Å². The van der Waals surface area contributed by atoms with E-state index in [9.17, 15) is 4.79 Å². The quantitative estimate of drug-likeness (QED) is 0.366. The third-order valence-corrected chi connectivity index (χ3v) is 2.17. The van der Waals surface area contributed by atoms with Gasteiger partial charge in [0.2, 0.25) is 5.91 Å². The Morgan fingerprint density at radius 1 is 1.67 bits per heavy atom. The van der Waals surface area contributed by atoms with Crippen LogP contribution in [0.3, 0.4) is 0 Å². The molecule has 0 radical (unpaired) electrons. The summed E-state index contributed by atoms with van der Waals surface area (Å²) in [6.07, 6.45) is 4.04. The number of hydrogen-bond donors (Lipinski definition) is 2. The fourth-order valence-electron chi connectivity index (χ4n) is 1.46. The summed E-state index contributed by atoms with van der Waals surface area (Å²) in [5.74, 6) is 4.83. The molecule has 0 aromatic rings. The van der Waals surface area contributed by atoms with E-state index in [-0.39, 0.29) is 12.0 Å². The van der Waals surface area contributed by atoms with Crippen LogP contribution in [0.2, 0.25) is 0 Å². The van der Waals surface area contributed by atoms with Gasteiger partial charge in [0.05, 0.1) is 12.2 Å². The Morgan fingerprint density at radius 2 is 2.42 bits per heavy atom. The van der Waals surface area contributed by atoms with Crippen LogP contribution in [0, 0.1) is 0 Å². The van der Waals surface area contributed by atoms with E-state index in [4.69, 9.17) is 10.6 Å². The Morgan fingerprint density at radius 3 is 2.92 bits per heavy atom. The Hall–Kier alpha value is -0.610. The molecule has 3 N–H and O–H groups in total. The number of ether oxygens (including phenoxy) is 1. The summed E-state index contributed by atoms with van der Waals surface area (Å²) in [6, 6.07) is 0. The minimum Gasteiger partial charge on any atom is -0.375 e. The molecule has 0 bridgehead atoms. The van der Waals surface area contributed by atoms with Gasteiger partial charge in [-0.3, -0.25) is 10.2 Å². The highest BCUT2D eigenvalue weighted by Gasteiger charge is 2.21. The predicted octanol–water partition coefficient (Wildman–Crippen LogP) is 0.324. The molecule has 1 aliphatic rings. The second kappa shape index (κ2) is 4.42. The van der Waals surface area contributed by atoms with Crippen molar-refractivity contribution in [2.45, 2.75) is 44.8 Å². The van der Waals surface area contributed by atoms with Crippen molar-refractivity contribution in [3.63, 3.8) is 0 Å². The number of carbonyl (C=O) groups is 1. The highest BCUT2D eigenvalue weighted by Crippen LogP contribution is 2.22. The summed E-state index contributed by atoms with van der Waals surface area (Å²) in [4.78, 5) is 10.8. The van der Waals surface area contributed by atoms with E-state index in [1.54, 1.807) is 0 Å². The number of amides is 1. The molecule has 2 atom stereocenters. The van der Waals surface area contributed by atoms with Crippen LogP contribution in [0.15, 0.2) is 0 Å². The number of nitrogens with two attached hydrogens (primary N) is 1. The third-order valence-electron chi connectivity index (χ3n) is 2.17. The lowest BCUT2D eigenvalue weighted by molar-refractivity contribution is -0.121. The molecule has 4 nitrogen and oxygen atoms in total. The van der Waals surface area contributed by atoms with Crippen molar-refractivity contribution in [2.24, 2.45) is 5.84 Å². The van der Waals surface area contributed by atoms with E-state index < -0.39 is 0 Å². The van der Waals surface area contributed by atoms with Gasteiger partial charge in [0.1, 0.15) is 0 Å². The van der Waals surface area contributed by atoms with Crippen LogP contribution >= 0.6 is 0 Å².